The van der Waals surface area contributed by atoms with Crippen LogP contribution in [0.4, 0.5) is 0 Å². The van der Waals surface area contributed by atoms with Crippen molar-refractivity contribution in [3.8, 4) is 0 Å². The van der Waals surface area contributed by atoms with Crippen LogP contribution in [0.2, 0.25) is 0 Å². The summed E-state index contributed by atoms with van der Waals surface area (Å²) in [6, 6.07) is 18.2. The lowest BCUT2D eigenvalue weighted by Crippen LogP contribution is -2.18. The molecule has 0 aliphatic heterocycles. The molecule has 0 heterocycles. The molecule has 0 saturated carbocycles. The first-order valence-electron chi connectivity index (χ1n) is 6.69. The van der Waals surface area contributed by atoms with Gasteiger partial charge in [-0.2, -0.15) is 0 Å². The highest BCUT2D eigenvalue weighted by Crippen LogP contribution is 2.35. The maximum Gasteiger partial charge on any atom is 0.171 e. The van der Waals surface area contributed by atoms with Crippen LogP contribution < -0.4 is 0 Å². The normalized spacial score (nSPS) is 14.1. The Kier molecular flexibility index (Phi) is 4.76. The van der Waals surface area contributed by atoms with E-state index in [0.717, 1.165) is 11.1 Å². The number of sulfone groups is 1. The molecule has 0 aromatic heterocycles. The van der Waals surface area contributed by atoms with Crippen LogP contribution in [0.5, 0.6) is 0 Å². The topological polar surface area (TPSA) is 34.1 Å². The minimum Gasteiger partial charge on any atom is -0.227 e. The molecule has 0 radical (unpaired) electrons. The first-order chi connectivity index (χ1) is 10.1. The predicted octanol–water partition coefficient (Wildman–Crippen LogP) is 4.26. The van der Waals surface area contributed by atoms with E-state index in [-0.39, 0.29) is 0 Å². The van der Waals surface area contributed by atoms with Crippen LogP contribution in [0.3, 0.4) is 0 Å². The van der Waals surface area contributed by atoms with E-state index in [1.165, 1.54) is 12.2 Å². The Morgan fingerprint density at radius 1 is 0.714 bits per heavy atom. The molecule has 2 atom stereocenters. The summed E-state index contributed by atoms with van der Waals surface area (Å²) in [7, 11) is -3.51. The van der Waals surface area contributed by atoms with Crippen molar-refractivity contribution in [2.75, 3.05) is 0 Å². The fraction of sp³-hybridized carbons (Fsp3) is 0.111. The highest BCUT2D eigenvalue weighted by Gasteiger charge is 2.32. The molecule has 2 unspecified atom stereocenters. The Morgan fingerprint density at radius 2 is 1.05 bits per heavy atom. The summed E-state index contributed by atoms with van der Waals surface area (Å²) in [5.74, 6) is 0. The van der Waals surface area contributed by atoms with Crippen LogP contribution in [0.1, 0.15) is 21.6 Å². The molecule has 0 aliphatic rings. The minimum atomic E-state index is -3.51. The first kappa shape index (κ1) is 15.3. The molecule has 2 aromatic rings. The zero-order valence-electron chi connectivity index (χ0n) is 11.7. The fourth-order valence-electron chi connectivity index (χ4n) is 2.36. The third-order valence-corrected chi connectivity index (χ3v) is 5.74. The van der Waals surface area contributed by atoms with Gasteiger partial charge in [-0.05, 0) is 11.1 Å². The maximum atomic E-state index is 13.0. The van der Waals surface area contributed by atoms with E-state index >= 15 is 0 Å². The zero-order valence-corrected chi connectivity index (χ0v) is 12.5. The van der Waals surface area contributed by atoms with Gasteiger partial charge in [0, 0.05) is 0 Å². The molecule has 108 valence electrons. The van der Waals surface area contributed by atoms with Gasteiger partial charge < -0.3 is 0 Å². The molecule has 21 heavy (non-hydrogen) atoms. The largest absolute Gasteiger partial charge is 0.227 e. The zero-order chi connectivity index (χ0) is 15.3. The molecule has 2 rings (SSSR count). The SMILES string of the molecule is C=CC(c1ccccc1)S(=O)(=O)C(C=C)c1ccccc1. The van der Waals surface area contributed by atoms with Gasteiger partial charge in [-0.1, -0.05) is 72.8 Å². The van der Waals surface area contributed by atoms with Gasteiger partial charge >= 0.3 is 0 Å². The molecule has 0 amide bonds. The van der Waals surface area contributed by atoms with Crippen molar-refractivity contribution >= 4 is 9.84 Å². The van der Waals surface area contributed by atoms with E-state index in [2.05, 4.69) is 13.2 Å². The van der Waals surface area contributed by atoms with E-state index in [0.29, 0.717) is 0 Å². The van der Waals surface area contributed by atoms with Gasteiger partial charge in [0.1, 0.15) is 10.5 Å². The smallest absolute Gasteiger partial charge is 0.171 e. The van der Waals surface area contributed by atoms with Gasteiger partial charge in [0.15, 0.2) is 9.84 Å². The fourth-order valence-corrected chi connectivity index (χ4v) is 4.29. The minimum absolute atomic E-state index is 0.718. The second-order valence-corrected chi connectivity index (χ2v) is 6.92. The summed E-state index contributed by atoms with van der Waals surface area (Å²) in [6.07, 6.45) is 2.95. The van der Waals surface area contributed by atoms with Gasteiger partial charge in [-0.15, -0.1) is 13.2 Å². The van der Waals surface area contributed by atoms with Crippen LogP contribution in [-0.4, -0.2) is 8.42 Å². The molecule has 0 aliphatic carbocycles. The van der Waals surface area contributed by atoms with Crippen molar-refractivity contribution in [3.63, 3.8) is 0 Å². The van der Waals surface area contributed by atoms with Gasteiger partial charge in [-0.25, -0.2) is 8.42 Å². The Labute approximate surface area is 126 Å². The molecule has 2 nitrogen and oxygen atoms in total. The van der Waals surface area contributed by atoms with E-state index in [1.807, 2.05) is 36.4 Å². The monoisotopic (exact) mass is 298 g/mol. The first-order valence-corrected chi connectivity index (χ1v) is 8.30. The van der Waals surface area contributed by atoms with Crippen LogP contribution in [0.25, 0.3) is 0 Å². The molecular formula is C18H18O2S. The highest BCUT2D eigenvalue weighted by atomic mass is 32.2. The second-order valence-electron chi connectivity index (χ2n) is 4.72. The molecule has 0 spiro atoms. The lowest BCUT2D eigenvalue weighted by Gasteiger charge is -2.20. The van der Waals surface area contributed by atoms with Crippen LogP contribution >= 0.6 is 0 Å². The lowest BCUT2D eigenvalue weighted by molar-refractivity contribution is 0.584. The number of rotatable bonds is 6. The molecule has 3 heteroatoms. The number of hydrogen-bond donors (Lipinski definition) is 0. The number of hydrogen-bond acceptors (Lipinski definition) is 2. The Hall–Kier alpha value is -2.13. The van der Waals surface area contributed by atoms with Crippen LogP contribution in [0.15, 0.2) is 86.0 Å². The van der Waals surface area contributed by atoms with Gasteiger partial charge in [0.25, 0.3) is 0 Å². The van der Waals surface area contributed by atoms with Crippen molar-refractivity contribution < 1.29 is 8.42 Å². The van der Waals surface area contributed by atoms with Gasteiger partial charge in [0.05, 0.1) is 0 Å². The predicted molar refractivity (Wildman–Crippen MR) is 87.7 cm³/mol. The molecular weight excluding hydrogens is 280 g/mol. The second kappa shape index (κ2) is 6.55. The third-order valence-electron chi connectivity index (χ3n) is 3.39. The van der Waals surface area contributed by atoms with Crippen LogP contribution in [-0.2, 0) is 9.84 Å². The van der Waals surface area contributed by atoms with E-state index < -0.39 is 20.3 Å². The molecule has 0 N–H and O–H groups in total. The van der Waals surface area contributed by atoms with Crippen LogP contribution in [0, 0.1) is 0 Å². The molecule has 0 saturated heterocycles. The summed E-state index contributed by atoms with van der Waals surface area (Å²) >= 11 is 0. The Balaban J connectivity index is 2.48. The molecule has 0 bridgehead atoms. The van der Waals surface area contributed by atoms with E-state index in [9.17, 15) is 8.42 Å². The Morgan fingerprint density at radius 3 is 1.33 bits per heavy atom. The van der Waals surface area contributed by atoms with Crippen molar-refractivity contribution in [1.82, 2.24) is 0 Å². The summed E-state index contributed by atoms with van der Waals surface area (Å²) in [5.41, 5.74) is 1.44. The third kappa shape index (κ3) is 3.14. The maximum absolute atomic E-state index is 13.0. The van der Waals surface area contributed by atoms with Crippen molar-refractivity contribution in [2.45, 2.75) is 10.5 Å². The van der Waals surface area contributed by atoms with E-state index in [4.69, 9.17) is 0 Å². The van der Waals surface area contributed by atoms with Crippen molar-refractivity contribution in [2.24, 2.45) is 0 Å². The Bertz CT molecular complexity index is 646. The summed E-state index contributed by atoms with van der Waals surface area (Å²) < 4.78 is 25.9. The van der Waals surface area contributed by atoms with Gasteiger partial charge in [-0.3, -0.25) is 0 Å². The highest BCUT2D eigenvalue weighted by molar-refractivity contribution is 7.92. The summed E-state index contributed by atoms with van der Waals surface area (Å²) in [4.78, 5) is 0. The quantitative estimate of drug-likeness (QED) is 0.747. The molecule has 2 aromatic carbocycles. The van der Waals surface area contributed by atoms with Crippen molar-refractivity contribution in [1.29, 1.82) is 0 Å². The average Bonchev–Trinajstić information content (AvgIpc) is 2.50. The van der Waals surface area contributed by atoms with E-state index in [1.54, 1.807) is 24.3 Å². The number of benzene rings is 2. The molecule has 0 fully saturated rings. The lowest BCUT2D eigenvalue weighted by atomic mass is 10.1. The summed E-state index contributed by atoms with van der Waals surface area (Å²) in [5, 5.41) is -1.50. The average molecular weight is 298 g/mol. The van der Waals surface area contributed by atoms with Gasteiger partial charge in [0.2, 0.25) is 0 Å². The summed E-state index contributed by atoms with van der Waals surface area (Å²) in [6.45, 7) is 7.40. The standard InChI is InChI=1S/C18H18O2S/c1-3-17(15-11-7-5-8-12-15)21(19,20)18(4-2)16-13-9-6-10-14-16/h3-14,17-18H,1-2H2. The van der Waals surface area contributed by atoms with Crippen molar-refractivity contribution in [3.05, 3.63) is 97.1 Å².